The molecule has 0 bridgehead atoms. The van der Waals surface area contributed by atoms with E-state index < -0.39 is 5.69 Å². The highest BCUT2D eigenvalue weighted by Gasteiger charge is 2.19. The molecule has 0 aromatic heterocycles. The number of fused-ring (bicyclic) bond motifs is 1. The van der Waals surface area contributed by atoms with Crippen LogP contribution in [0.15, 0.2) is 34.1 Å². The molecule has 2 heterocycles. The monoisotopic (exact) mass is 440 g/mol. The average molecular weight is 441 g/mol. The van der Waals surface area contributed by atoms with Crippen molar-refractivity contribution in [2.45, 2.75) is 6.54 Å². The number of benzene rings is 1. The van der Waals surface area contributed by atoms with Crippen molar-refractivity contribution >= 4 is 24.0 Å². The molecule has 0 saturated carbocycles. The molecular formula is C19H26Cl2N6O2. The minimum atomic E-state index is -0.400. The number of quaternary nitrogens is 1. The van der Waals surface area contributed by atoms with Crippen LogP contribution >= 0.6 is 24.0 Å². The highest BCUT2D eigenvalue weighted by molar-refractivity contribution is 6.30. The average Bonchev–Trinajstić information content (AvgIpc) is 2.96. The number of halogens is 2. The molecule has 0 saturated heterocycles. The zero-order chi connectivity index (χ0) is 20.6. The lowest BCUT2D eigenvalue weighted by molar-refractivity contribution is -0.902. The van der Waals surface area contributed by atoms with Gasteiger partial charge in [0.25, 0.3) is 0 Å². The molecule has 158 valence electrons. The van der Waals surface area contributed by atoms with Crippen molar-refractivity contribution in [1.82, 2.24) is 18.7 Å². The van der Waals surface area contributed by atoms with E-state index in [1.165, 1.54) is 17.2 Å². The zero-order valence-electron chi connectivity index (χ0n) is 17.2. The van der Waals surface area contributed by atoms with E-state index in [-0.39, 0.29) is 18.3 Å². The summed E-state index contributed by atoms with van der Waals surface area (Å²) in [5, 5.41) is 13.2. The van der Waals surface area contributed by atoms with Gasteiger partial charge in [0.15, 0.2) is 5.82 Å². The molecular weight excluding hydrogens is 415 g/mol. The molecule has 0 aliphatic carbocycles. The van der Waals surface area contributed by atoms with E-state index in [2.05, 4.69) is 24.1 Å². The summed E-state index contributed by atoms with van der Waals surface area (Å²) in [5.41, 5.74) is 1.62. The predicted molar refractivity (Wildman–Crippen MR) is 113 cm³/mol. The molecule has 0 spiro atoms. The summed E-state index contributed by atoms with van der Waals surface area (Å²) in [6, 6.07) is 7.85. The van der Waals surface area contributed by atoms with Gasteiger partial charge in [0, 0.05) is 31.7 Å². The summed E-state index contributed by atoms with van der Waals surface area (Å²) in [6.45, 7) is 2.19. The van der Waals surface area contributed by atoms with Crippen LogP contribution in [-0.2, 0) is 27.7 Å². The van der Waals surface area contributed by atoms with E-state index in [9.17, 15) is 9.90 Å². The second kappa shape index (κ2) is 8.61. The molecule has 0 fully saturated rings. The quantitative estimate of drug-likeness (QED) is 0.552. The first kappa shape index (κ1) is 23.0. The SMILES string of the molecule is Cl.Cn1c2c([O-])n(C)c(=O)n(C)c-2nc1=NCC[N+](C)(C)Cc1ccc(Cl)cc1. The van der Waals surface area contributed by atoms with Crippen molar-refractivity contribution in [3.8, 4) is 17.4 Å². The topological polar surface area (TPSA) is 80.2 Å². The minimum absolute atomic E-state index is 0. The van der Waals surface area contributed by atoms with Crippen molar-refractivity contribution in [1.29, 1.82) is 0 Å². The Hall–Kier alpha value is -2.29. The van der Waals surface area contributed by atoms with Crippen molar-refractivity contribution in [2.24, 2.45) is 26.1 Å². The summed E-state index contributed by atoms with van der Waals surface area (Å²) < 4.78 is 4.85. The second-order valence-corrected chi connectivity index (χ2v) is 8.11. The van der Waals surface area contributed by atoms with Crippen molar-refractivity contribution in [2.75, 3.05) is 27.2 Å². The Morgan fingerprint density at radius 1 is 1.10 bits per heavy atom. The molecule has 2 aliphatic heterocycles. The number of hydrogen-bond donors (Lipinski definition) is 0. The number of rotatable bonds is 5. The number of likely N-dealkylation sites (N-methyl/N-ethyl adjacent to an activating group) is 1. The normalized spacial score (nSPS) is 12.4. The largest absolute Gasteiger partial charge is 0.858 e. The molecule has 8 nitrogen and oxygen atoms in total. The van der Waals surface area contributed by atoms with E-state index in [1.807, 2.05) is 24.3 Å². The van der Waals surface area contributed by atoms with E-state index in [0.29, 0.717) is 23.7 Å². The molecule has 29 heavy (non-hydrogen) atoms. The van der Waals surface area contributed by atoms with Gasteiger partial charge in [0.05, 0.1) is 32.9 Å². The Morgan fingerprint density at radius 2 is 1.72 bits per heavy atom. The summed E-state index contributed by atoms with van der Waals surface area (Å²) >= 11 is 5.95. The lowest BCUT2D eigenvalue weighted by Crippen LogP contribution is -2.41. The summed E-state index contributed by atoms with van der Waals surface area (Å²) in [6.07, 6.45) is 0. The fourth-order valence-corrected chi connectivity index (χ4v) is 3.36. The number of hydrogen-bond acceptors (Lipinski definition) is 4. The number of nitrogens with zero attached hydrogens (tertiary/aromatic N) is 6. The highest BCUT2D eigenvalue weighted by atomic mass is 35.5. The molecule has 0 atom stereocenters. The van der Waals surface area contributed by atoms with Crippen LogP contribution in [0.5, 0.6) is 5.88 Å². The van der Waals surface area contributed by atoms with Crippen LogP contribution in [0, 0.1) is 0 Å². The van der Waals surface area contributed by atoms with Gasteiger partial charge < -0.3 is 18.7 Å². The first-order chi connectivity index (χ1) is 13.1. The Balaban J connectivity index is 0.00000300. The van der Waals surface area contributed by atoms with Crippen LogP contribution in [0.2, 0.25) is 5.02 Å². The summed E-state index contributed by atoms with van der Waals surface area (Å²) in [7, 11) is 9.09. The van der Waals surface area contributed by atoms with Crippen LogP contribution in [0.3, 0.4) is 0 Å². The molecule has 0 radical (unpaired) electrons. The van der Waals surface area contributed by atoms with E-state index in [1.54, 1.807) is 18.7 Å². The Bertz CT molecular complexity index is 1100. The van der Waals surface area contributed by atoms with E-state index in [4.69, 9.17) is 11.6 Å². The van der Waals surface area contributed by atoms with Crippen LogP contribution in [-0.4, -0.2) is 50.4 Å². The first-order valence-corrected chi connectivity index (χ1v) is 9.35. The van der Waals surface area contributed by atoms with Gasteiger partial charge in [-0.05, 0) is 18.0 Å². The van der Waals surface area contributed by atoms with Crippen molar-refractivity contribution in [3.05, 3.63) is 51.0 Å². The van der Waals surface area contributed by atoms with Gasteiger partial charge >= 0.3 is 5.69 Å². The van der Waals surface area contributed by atoms with Gasteiger partial charge in [-0.15, -0.1) is 12.4 Å². The molecule has 0 unspecified atom stereocenters. The summed E-state index contributed by atoms with van der Waals surface area (Å²) in [5.74, 6) is -0.0161. The lowest BCUT2D eigenvalue weighted by atomic mass is 10.2. The fourth-order valence-electron chi connectivity index (χ4n) is 3.23. The van der Waals surface area contributed by atoms with Gasteiger partial charge in [-0.3, -0.25) is 4.57 Å². The Kier molecular flexibility index (Phi) is 6.82. The van der Waals surface area contributed by atoms with Crippen LogP contribution in [0.4, 0.5) is 0 Å². The Morgan fingerprint density at radius 3 is 2.34 bits per heavy atom. The maximum absolute atomic E-state index is 12.4. The molecule has 1 aromatic carbocycles. The maximum atomic E-state index is 12.4. The van der Waals surface area contributed by atoms with Crippen LogP contribution in [0.1, 0.15) is 5.56 Å². The van der Waals surface area contributed by atoms with E-state index >= 15 is 0 Å². The highest BCUT2D eigenvalue weighted by Crippen LogP contribution is 2.22. The van der Waals surface area contributed by atoms with Gasteiger partial charge in [-0.25, -0.2) is 9.79 Å². The predicted octanol–water partition coefficient (Wildman–Crippen LogP) is 0.888. The van der Waals surface area contributed by atoms with Gasteiger partial charge in [0.2, 0.25) is 5.62 Å². The molecule has 1 aromatic rings. The Labute approximate surface area is 180 Å². The lowest BCUT2D eigenvalue weighted by Gasteiger charge is -2.29. The second-order valence-electron chi connectivity index (χ2n) is 7.67. The summed E-state index contributed by atoms with van der Waals surface area (Å²) in [4.78, 5) is 21.1. The molecule has 10 heteroatoms. The van der Waals surface area contributed by atoms with E-state index in [0.717, 1.165) is 27.2 Å². The standard InChI is InChI=1S/C19H25ClN6O2.ClH/c1-23-15-16(24(2)19(28)25(3)17(15)27)22-18(23)21-10-11-26(4,5)12-13-6-8-14(20)9-7-13;/h6-9H,10-12H2,1-5H3;1H. The number of aromatic nitrogens is 4. The van der Waals surface area contributed by atoms with Crippen LogP contribution < -0.4 is 16.4 Å². The minimum Gasteiger partial charge on any atom is -0.858 e. The van der Waals surface area contributed by atoms with Crippen molar-refractivity contribution in [3.63, 3.8) is 0 Å². The zero-order valence-corrected chi connectivity index (χ0v) is 18.8. The third kappa shape index (κ3) is 4.66. The fraction of sp³-hybridized carbons (Fsp3) is 0.421. The molecule has 0 amide bonds. The third-order valence-corrected chi connectivity index (χ3v) is 5.19. The number of imidazole rings is 1. The molecule has 3 rings (SSSR count). The third-order valence-electron chi connectivity index (χ3n) is 4.93. The first-order valence-electron chi connectivity index (χ1n) is 8.97. The van der Waals surface area contributed by atoms with Gasteiger partial charge in [-0.2, -0.15) is 4.98 Å². The van der Waals surface area contributed by atoms with Crippen LogP contribution in [0.25, 0.3) is 11.5 Å². The molecule has 2 aliphatic rings. The van der Waals surface area contributed by atoms with Gasteiger partial charge in [0.1, 0.15) is 6.54 Å². The smallest absolute Gasteiger partial charge is 0.328 e. The van der Waals surface area contributed by atoms with Crippen molar-refractivity contribution < 1.29 is 9.59 Å². The van der Waals surface area contributed by atoms with Gasteiger partial charge in [-0.1, -0.05) is 23.7 Å². The molecule has 0 N–H and O–H groups in total. The maximum Gasteiger partial charge on any atom is 0.328 e.